The Bertz CT molecular complexity index is 462. The molecule has 1 saturated heterocycles. The molecular formula is C14H20N2O3S. The van der Waals surface area contributed by atoms with Gasteiger partial charge in [0.05, 0.1) is 18.4 Å². The molecule has 20 heavy (non-hydrogen) atoms. The molecule has 1 heterocycles. The summed E-state index contributed by atoms with van der Waals surface area (Å²) in [7, 11) is 1.57. The molecule has 0 saturated carbocycles. The van der Waals surface area contributed by atoms with E-state index in [1.54, 1.807) is 25.3 Å². The zero-order valence-corrected chi connectivity index (χ0v) is 12.4. The van der Waals surface area contributed by atoms with Crippen molar-refractivity contribution in [1.82, 2.24) is 4.90 Å². The number of nitrogens with zero attached hydrogens (tertiary/aromatic N) is 1. The van der Waals surface area contributed by atoms with E-state index in [9.17, 15) is 9.90 Å². The standard InChI is InChI=1S/C14H20N2O3S/c1-19-11-2-3-12(14(17)18)13(10-11)15-4-5-16-6-8-20-9-7-16/h2-3,10,15H,4-9H2,1H3,(H,17,18). The number of nitrogens with one attached hydrogen (secondary N) is 1. The van der Waals surface area contributed by atoms with Crippen molar-refractivity contribution in [3.05, 3.63) is 23.8 Å². The molecule has 2 N–H and O–H groups in total. The minimum Gasteiger partial charge on any atom is -0.497 e. The molecule has 0 aromatic heterocycles. The van der Waals surface area contributed by atoms with Crippen LogP contribution in [0, 0.1) is 0 Å². The van der Waals surface area contributed by atoms with Crippen molar-refractivity contribution in [2.75, 3.05) is 50.1 Å². The van der Waals surface area contributed by atoms with Gasteiger partial charge in [-0.1, -0.05) is 0 Å². The second-order valence-corrected chi connectivity index (χ2v) is 5.82. The number of thioether (sulfide) groups is 1. The van der Waals surface area contributed by atoms with Crippen LogP contribution in [0.1, 0.15) is 10.4 Å². The van der Waals surface area contributed by atoms with E-state index in [0.717, 1.165) is 26.2 Å². The molecule has 0 spiro atoms. The van der Waals surface area contributed by atoms with Crippen molar-refractivity contribution < 1.29 is 14.6 Å². The molecule has 0 aliphatic carbocycles. The van der Waals surface area contributed by atoms with Crippen LogP contribution in [0.25, 0.3) is 0 Å². The van der Waals surface area contributed by atoms with Crippen molar-refractivity contribution in [2.24, 2.45) is 0 Å². The molecule has 0 unspecified atom stereocenters. The zero-order valence-electron chi connectivity index (χ0n) is 11.6. The average Bonchev–Trinajstić information content (AvgIpc) is 2.48. The molecule has 1 aliphatic rings. The second kappa shape index (κ2) is 7.40. The lowest BCUT2D eigenvalue weighted by Gasteiger charge is -2.26. The zero-order chi connectivity index (χ0) is 14.4. The number of carboxylic acids is 1. The molecule has 6 heteroatoms. The van der Waals surface area contributed by atoms with Gasteiger partial charge in [-0.2, -0.15) is 11.8 Å². The highest BCUT2D eigenvalue weighted by atomic mass is 32.2. The maximum absolute atomic E-state index is 11.2. The van der Waals surface area contributed by atoms with Crippen molar-refractivity contribution in [2.45, 2.75) is 0 Å². The van der Waals surface area contributed by atoms with Gasteiger partial charge >= 0.3 is 5.97 Å². The van der Waals surface area contributed by atoms with Crippen LogP contribution in [0.15, 0.2) is 18.2 Å². The average molecular weight is 296 g/mol. The summed E-state index contributed by atoms with van der Waals surface area (Å²) in [6, 6.07) is 4.97. The van der Waals surface area contributed by atoms with Gasteiger partial charge < -0.3 is 15.2 Å². The summed E-state index contributed by atoms with van der Waals surface area (Å²) >= 11 is 1.98. The van der Waals surface area contributed by atoms with Gasteiger partial charge in [0.2, 0.25) is 0 Å². The van der Waals surface area contributed by atoms with Crippen molar-refractivity contribution in [3.63, 3.8) is 0 Å². The maximum atomic E-state index is 11.2. The minimum atomic E-state index is -0.926. The smallest absolute Gasteiger partial charge is 0.337 e. The third-order valence-electron chi connectivity index (χ3n) is 3.30. The number of rotatable bonds is 6. The van der Waals surface area contributed by atoms with E-state index in [4.69, 9.17) is 4.74 Å². The highest BCUT2D eigenvalue weighted by molar-refractivity contribution is 7.99. The first-order valence-electron chi connectivity index (χ1n) is 6.66. The fourth-order valence-corrected chi connectivity index (χ4v) is 3.14. The number of aromatic carboxylic acids is 1. The van der Waals surface area contributed by atoms with Gasteiger partial charge in [0.1, 0.15) is 5.75 Å². The van der Waals surface area contributed by atoms with Gasteiger partial charge in [0.15, 0.2) is 0 Å². The Morgan fingerprint density at radius 2 is 2.20 bits per heavy atom. The Kier molecular flexibility index (Phi) is 5.55. The van der Waals surface area contributed by atoms with Gasteiger partial charge in [0.25, 0.3) is 0 Å². The van der Waals surface area contributed by atoms with E-state index in [2.05, 4.69) is 10.2 Å². The number of carbonyl (C=O) groups is 1. The van der Waals surface area contributed by atoms with Crippen molar-refractivity contribution in [3.8, 4) is 5.75 Å². The van der Waals surface area contributed by atoms with E-state index < -0.39 is 5.97 Å². The number of carboxylic acid groups (broad SMARTS) is 1. The number of methoxy groups -OCH3 is 1. The summed E-state index contributed by atoms with van der Waals surface area (Å²) in [5.74, 6) is 2.09. The number of anilines is 1. The molecule has 1 aliphatic heterocycles. The normalized spacial score (nSPS) is 15.8. The predicted octanol–water partition coefficient (Wildman–Crippen LogP) is 1.85. The summed E-state index contributed by atoms with van der Waals surface area (Å²) < 4.78 is 5.14. The van der Waals surface area contributed by atoms with Crippen molar-refractivity contribution in [1.29, 1.82) is 0 Å². The largest absolute Gasteiger partial charge is 0.497 e. The molecule has 1 fully saturated rings. The highest BCUT2D eigenvalue weighted by Crippen LogP contribution is 2.22. The fourth-order valence-electron chi connectivity index (χ4n) is 2.16. The SMILES string of the molecule is COc1ccc(C(=O)O)c(NCCN2CCSCC2)c1. The first-order valence-corrected chi connectivity index (χ1v) is 7.81. The van der Waals surface area contributed by atoms with Crippen LogP contribution in [-0.4, -0.2) is 60.8 Å². The Hall–Kier alpha value is -1.40. The summed E-state index contributed by atoms with van der Waals surface area (Å²) in [5.41, 5.74) is 0.892. The molecule has 110 valence electrons. The second-order valence-electron chi connectivity index (χ2n) is 4.60. The number of ether oxygens (including phenoxy) is 1. The van der Waals surface area contributed by atoms with E-state index in [0.29, 0.717) is 11.4 Å². The molecule has 0 radical (unpaired) electrons. The Morgan fingerprint density at radius 3 is 2.85 bits per heavy atom. The number of benzene rings is 1. The summed E-state index contributed by atoms with van der Waals surface area (Å²) in [6.45, 7) is 3.88. The van der Waals surface area contributed by atoms with Gasteiger partial charge in [-0.15, -0.1) is 0 Å². The Balaban J connectivity index is 1.94. The first-order chi connectivity index (χ1) is 9.70. The molecule has 2 rings (SSSR count). The number of hydrogen-bond acceptors (Lipinski definition) is 5. The summed E-state index contributed by atoms with van der Waals surface area (Å²) in [4.78, 5) is 13.6. The molecule has 5 nitrogen and oxygen atoms in total. The monoisotopic (exact) mass is 296 g/mol. The fraction of sp³-hybridized carbons (Fsp3) is 0.500. The summed E-state index contributed by atoms with van der Waals surface area (Å²) in [6.07, 6.45) is 0. The minimum absolute atomic E-state index is 0.278. The molecular weight excluding hydrogens is 276 g/mol. The van der Waals surface area contributed by atoms with Crippen LogP contribution in [0.4, 0.5) is 5.69 Å². The number of hydrogen-bond donors (Lipinski definition) is 2. The van der Waals surface area contributed by atoms with Crippen molar-refractivity contribution >= 4 is 23.4 Å². The molecule has 1 aromatic carbocycles. The van der Waals surface area contributed by atoms with Gasteiger partial charge in [-0.25, -0.2) is 4.79 Å². The Morgan fingerprint density at radius 1 is 1.45 bits per heavy atom. The molecule has 0 amide bonds. The topological polar surface area (TPSA) is 61.8 Å². The highest BCUT2D eigenvalue weighted by Gasteiger charge is 2.12. The third-order valence-corrected chi connectivity index (χ3v) is 4.25. The molecule has 0 bridgehead atoms. The molecule has 0 atom stereocenters. The van der Waals surface area contributed by atoms with Crippen LogP contribution in [0.5, 0.6) is 5.75 Å². The van der Waals surface area contributed by atoms with Crippen LogP contribution < -0.4 is 10.1 Å². The van der Waals surface area contributed by atoms with Gasteiger partial charge in [0, 0.05) is 43.8 Å². The van der Waals surface area contributed by atoms with Gasteiger partial charge in [-0.05, 0) is 12.1 Å². The van der Waals surface area contributed by atoms with E-state index in [1.807, 2.05) is 11.8 Å². The lowest BCUT2D eigenvalue weighted by Crippen LogP contribution is -2.36. The van der Waals surface area contributed by atoms with Crippen LogP contribution in [0.2, 0.25) is 0 Å². The van der Waals surface area contributed by atoms with Crippen LogP contribution >= 0.6 is 11.8 Å². The van der Waals surface area contributed by atoms with Crippen LogP contribution in [-0.2, 0) is 0 Å². The third kappa shape index (κ3) is 4.05. The predicted molar refractivity (Wildman–Crippen MR) is 82.2 cm³/mol. The Labute approximate surface area is 123 Å². The molecule has 1 aromatic rings. The maximum Gasteiger partial charge on any atom is 0.337 e. The van der Waals surface area contributed by atoms with E-state index in [-0.39, 0.29) is 5.56 Å². The van der Waals surface area contributed by atoms with Crippen LogP contribution in [0.3, 0.4) is 0 Å². The lowest BCUT2D eigenvalue weighted by atomic mass is 10.1. The van der Waals surface area contributed by atoms with E-state index >= 15 is 0 Å². The van der Waals surface area contributed by atoms with E-state index in [1.165, 1.54) is 11.5 Å². The quantitative estimate of drug-likeness (QED) is 0.835. The lowest BCUT2D eigenvalue weighted by molar-refractivity contribution is 0.0698. The first kappa shape index (κ1) is 15.0. The summed E-state index contributed by atoms with van der Waals surface area (Å²) in [5, 5.41) is 12.4. The van der Waals surface area contributed by atoms with Gasteiger partial charge in [-0.3, -0.25) is 4.90 Å².